The molecule has 134 valence electrons. The van der Waals surface area contributed by atoms with E-state index >= 15 is 0 Å². The molecule has 0 bridgehead atoms. The van der Waals surface area contributed by atoms with Gasteiger partial charge >= 0.3 is 0 Å². The van der Waals surface area contributed by atoms with Crippen molar-refractivity contribution in [2.24, 2.45) is 0 Å². The van der Waals surface area contributed by atoms with Crippen molar-refractivity contribution in [1.29, 1.82) is 0 Å². The number of anilines is 1. The van der Waals surface area contributed by atoms with Crippen molar-refractivity contribution in [1.82, 2.24) is 9.55 Å². The molecule has 0 unspecified atom stereocenters. The fourth-order valence-electron chi connectivity index (χ4n) is 2.63. The summed E-state index contributed by atoms with van der Waals surface area (Å²) in [6.45, 7) is 4.94. The van der Waals surface area contributed by atoms with E-state index < -0.39 is 0 Å². The van der Waals surface area contributed by atoms with E-state index in [1.165, 1.54) is 17.3 Å². The number of hydrogen-bond donors (Lipinski definition) is 1. The lowest BCUT2D eigenvalue weighted by Crippen LogP contribution is -2.14. The number of hydrogen-bond acceptors (Lipinski definition) is 3. The molecule has 1 amide bonds. The Balaban J connectivity index is 1.68. The van der Waals surface area contributed by atoms with Crippen molar-refractivity contribution < 1.29 is 4.79 Å². The molecule has 0 aliphatic heterocycles. The lowest BCUT2D eigenvalue weighted by Gasteiger charge is -2.10. The fraction of sp³-hybridized carbons (Fsp3) is 0.200. The quantitative estimate of drug-likeness (QED) is 0.588. The average Bonchev–Trinajstić information content (AvgIpc) is 3.03. The zero-order chi connectivity index (χ0) is 18.5. The van der Waals surface area contributed by atoms with Gasteiger partial charge in [0, 0.05) is 17.3 Å². The molecule has 0 spiro atoms. The lowest BCUT2D eigenvalue weighted by atomic mass is 10.1. The summed E-state index contributed by atoms with van der Waals surface area (Å²) < 4.78 is 2.13. The van der Waals surface area contributed by atoms with Crippen LogP contribution in [0.4, 0.5) is 5.69 Å². The van der Waals surface area contributed by atoms with E-state index in [1.807, 2.05) is 18.3 Å². The molecule has 1 aromatic heterocycles. The second-order valence-electron chi connectivity index (χ2n) is 5.88. The van der Waals surface area contributed by atoms with Gasteiger partial charge in [0.05, 0.1) is 17.6 Å². The third-order valence-corrected chi connectivity index (χ3v) is 5.15. The Hall–Kier alpha value is -2.24. The molecular weight excluding hydrogens is 366 g/mol. The van der Waals surface area contributed by atoms with Gasteiger partial charge in [0.15, 0.2) is 5.16 Å². The second kappa shape index (κ2) is 8.43. The zero-order valence-electron chi connectivity index (χ0n) is 14.7. The number of thioether (sulfide) groups is 1. The topological polar surface area (TPSA) is 46.9 Å². The summed E-state index contributed by atoms with van der Waals surface area (Å²) in [7, 11) is 0. The van der Waals surface area contributed by atoms with Crippen LogP contribution in [0.25, 0.3) is 11.3 Å². The van der Waals surface area contributed by atoms with Crippen LogP contribution in [-0.2, 0) is 11.3 Å². The maximum absolute atomic E-state index is 12.2. The molecule has 6 heteroatoms. The van der Waals surface area contributed by atoms with Crippen LogP contribution < -0.4 is 5.32 Å². The van der Waals surface area contributed by atoms with Crippen LogP contribution in [0.5, 0.6) is 0 Å². The molecule has 3 aromatic rings. The van der Waals surface area contributed by atoms with Gasteiger partial charge in [-0.25, -0.2) is 4.98 Å². The van der Waals surface area contributed by atoms with Crippen molar-refractivity contribution in [3.05, 3.63) is 65.3 Å². The summed E-state index contributed by atoms with van der Waals surface area (Å²) in [6.07, 6.45) is 1.87. The third-order valence-electron chi connectivity index (χ3n) is 3.92. The average molecular weight is 386 g/mol. The highest BCUT2D eigenvalue weighted by Gasteiger charge is 2.13. The van der Waals surface area contributed by atoms with Gasteiger partial charge < -0.3 is 9.88 Å². The minimum atomic E-state index is -0.0835. The number of benzene rings is 2. The Morgan fingerprint density at radius 1 is 1.23 bits per heavy atom. The molecule has 0 fully saturated rings. The Morgan fingerprint density at radius 3 is 2.69 bits per heavy atom. The van der Waals surface area contributed by atoms with E-state index in [1.54, 1.807) is 12.1 Å². The predicted octanol–water partition coefficient (Wildman–Crippen LogP) is 5.26. The molecule has 4 nitrogen and oxygen atoms in total. The molecule has 0 radical (unpaired) electrons. The summed E-state index contributed by atoms with van der Waals surface area (Å²) >= 11 is 7.37. The third kappa shape index (κ3) is 4.48. The van der Waals surface area contributed by atoms with Gasteiger partial charge in [0.1, 0.15) is 0 Å². The van der Waals surface area contributed by atoms with Crippen molar-refractivity contribution in [3.8, 4) is 11.3 Å². The molecule has 3 rings (SSSR count). The number of halogens is 1. The summed E-state index contributed by atoms with van der Waals surface area (Å²) in [4.78, 5) is 16.7. The van der Waals surface area contributed by atoms with Gasteiger partial charge in [-0.3, -0.25) is 4.79 Å². The van der Waals surface area contributed by atoms with E-state index in [9.17, 15) is 4.79 Å². The molecule has 0 aliphatic rings. The van der Waals surface area contributed by atoms with E-state index in [-0.39, 0.29) is 11.7 Å². The molecule has 1 heterocycles. The predicted molar refractivity (Wildman–Crippen MR) is 109 cm³/mol. The standard InChI is InChI=1S/C20H20ClN3OS/c1-3-24-18(15-9-7-14(2)8-10-15)12-22-20(24)26-13-19(25)23-17-6-4-5-16(21)11-17/h4-12H,3,13H2,1-2H3,(H,23,25). The number of nitrogens with zero attached hydrogens (tertiary/aromatic N) is 2. The number of aromatic nitrogens is 2. The van der Waals surface area contributed by atoms with Crippen LogP contribution in [0.3, 0.4) is 0 Å². The Labute approximate surface area is 162 Å². The van der Waals surface area contributed by atoms with E-state index in [0.29, 0.717) is 10.7 Å². The SMILES string of the molecule is CCn1c(-c2ccc(C)cc2)cnc1SCC(=O)Nc1cccc(Cl)c1. The second-order valence-corrected chi connectivity index (χ2v) is 7.26. The number of amides is 1. The van der Waals surface area contributed by atoms with Crippen LogP contribution in [0.15, 0.2) is 59.9 Å². The number of carbonyl (C=O) groups is 1. The molecule has 0 saturated heterocycles. The summed E-state index contributed by atoms with van der Waals surface area (Å²) in [5, 5.41) is 4.29. The summed E-state index contributed by atoms with van der Waals surface area (Å²) in [5.41, 5.74) is 4.11. The minimum absolute atomic E-state index is 0.0835. The van der Waals surface area contributed by atoms with Crippen LogP contribution >= 0.6 is 23.4 Å². The van der Waals surface area contributed by atoms with Gasteiger partial charge in [-0.15, -0.1) is 0 Å². The number of carbonyl (C=O) groups excluding carboxylic acids is 1. The highest BCUT2D eigenvalue weighted by molar-refractivity contribution is 7.99. The van der Waals surface area contributed by atoms with E-state index in [2.05, 4.69) is 53.0 Å². The first-order valence-corrected chi connectivity index (χ1v) is 9.74. The molecule has 1 N–H and O–H groups in total. The van der Waals surface area contributed by atoms with Gasteiger partial charge in [-0.1, -0.05) is 59.3 Å². The van der Waals surface area contributed by atoms with E-state index in [0.717, 1.165) is 23.0 Å². The minimum Gasteiger partial charge on any atom is -0.325 e. The molecule has 26 heavy (non-hydrogen) atoms. The first-order valence-electron chi connectivity index (χ1n) is 8.37. The molecule has 0 aliphatic carbocycles. The smallest absolute Gasteiger partial charge is 0.234 e. The van der Waals surface area contributed by atoms with Gasteiger partial charge in [0.2, 0.25) is 5.91 Å². The maximum Gasteiger partial charge on any atom is 0.234 e. The van der Waals surface area contributed by atoms with Gasteiger partial charge in [-0.2, -0.15) is 0 Å². The van der Waals surface area contributed by atoms with Crippen molar-refractivity contribution >= 4 is 35.0 Å². The van der Waals surface area contributed by atoms with E-state index in [4.69, 9.17) is 11.6 Å². The Kier molecular flexibility index (Phi) is 6.01. The van der Waals surface area contributed by atoms with Crippen LogP contribution in [0.1, 0.15) is 12.5 Å². The molecular formula is C20H20ClN3OS. The zero-order valence-corrected chi connectivity index (χ0v) is 16.3. The first-order chi connectivity index (χ1) is 12.6. The highest BCUT2D eigenvalue weighted by Crippen LogP contribution is 2.26. The maximum atomic E-state index is 12.2. The van der Waals surface area contributed by atoms with Crippen LogP contribution in [0.2, 0.25) is 5.02 Å². The van der Waals surface area contributed by atoms with Gasteiger partial charge in [0.25, 0.3) is 0 Å². The number of aryl methyl sites for hydroxylation is 1. The summed E-state index contributed by atoms with van der Waals surface area (Å²) in [5.74, 6) is 0.205. The lowest BCUT2D eigenvalue weighted by molar-refractivity contribution is -0.113. The molecule has 0 saturated carbocycles. The monoisotopic (exact) mass is 385 g/mol. The van der Waals surface area contributed by atoms with Gasteiger partial charge in [-0.05, 0) is 37.6 Å². The highest BCUT2D eigenvalue weighted by atomic mass is 35.5. The normalized spacial score (nSPS) is 10.7. The largest absolute Gasteiger partial charge is 0.325 e. The number of nitrogens with one attached hydrogen (secondary N) is 1. The first kappa shape index (κ1) is 18.5. The van der Waals surface area contributed by atoms with Crippen molar-refractivity contribution in [2.75, 3.05) is 11.1 Å². The van der Waals surface area contributed by atoms with Crippen LogP contribution in [0, 0.1) is 6.92 Å². The van der Waals surface area contributed by atoms with Crippen LogP contribution in [-0.4, -0.2) is 21.2 Å². The Bertz CT molecular complexity index is 906. The molecule has 0 atom stereocenters. The fourth-order valence-corrected chi connectivity index (χ4v) is 3.66. The Morgan fingerprint density at radius 2 is 2.00 bits per heavy atom. The van der Waals surface area contributed by atoms with Crippen molar-refractivity contribution in [3.63, 3.8) is 0 Å². The molecule has 2 aromatic carbocycles. The number of rotatable bonds is 6. The summed E-state index contributed by atoms with van der Waals surface area (Å²) in [6, 6.07) is 15.5. The number of imidazole rings is 1. The van der Waals surface area contributed by atoms with Crippen molar-refractivity contribution in [2.45, 2.75) is 25.5 Å².